The minimum absolute atomic E-state index is 0.336. The number of benzene rings is 8. The summed E-state index contributed by atoms with van der Waals surface area (Å²) in [4.78, 5) is 0. The molecule has 0 radical (unpaired) electrons. The molecule has 0 fully saturated rings. The van der Waals surface area contributed by atoms with Gasteiger partial charge in [0, 0.05) is 11.1 Å². The summed E-state index contributed by atoms with van der Waals surface area (Å²) in [6.07, 6.45) is -6.41. The number of phenols is 2. The number of aromatic hydroxyl groups is 2. The molecule has 0 spiro atoms. The summed E-state index contributed by atoms with van der Waals surface area (Å²) in [7, 11) is 0. The summed E-state index contributed by atoms with van der Waals surface area (Å²) in [5.41, 5.74) is -6.62. The molecule has 0 bridgehead atoms. The summed E-state index contributed by atoms with van der Waals surface area (Å²) in [5, 5.41) is 29.4. The summed E-state index contributed by atoms with van der Waals surface area (Å²) < 4.78 is 95.5. The van der Waals surface area contributed by atoms with Crippen LogP contribution in [-0.4, -0.2) is 22.3 Å². The molecular formula is C53H40F6N2O2. The van der Waals surface area contributed by atoms with Gasteiger partial charge >= 0.3 is 12.1 Å². The van der Waals surface area contributed by atoms with Gasteiger partial charge < -0.3 is 20.8 Å². The molecule has 8 aromatic carbocycles. The summed E-state index contributed by atoms with van der Waals surface area (Å²) in [6, 6.07) is 58.5. The van der Waals surface area contributed by atoms with Crippen molar-refractivity contribution in [2.45, 2.75) is 28.8 Å². The molecule has 4 N–H and O–H groups in total. The molecule has 0 amide bonds. The van der Waals surface area contributed by atoms with E-state index in [-0.39, 0.29) is 11.4 Å². The SMILES string of the molecule is Oc1ccc(C(F)(c2ccc(O)c(NC(c3ccccc3)(c3ccccc3)c3ccccc3)c2)C(F)(F)C(F)(F)F)cc1NC(c1ccccc1)(c1ccccc1)c1ccccc1. The van der Waals surface area contributed by atoms with Crippen LogP contribution in [0.15, 0.2) is 218 Å². The largest absolute Gasteiger partial charge is 0.506 e. The van der Waals surface area contributed by atoms with E-state index < -0.39 is 51.5 Å². The van der Waals surface area contributed by atoms with E-state index in [0.717, 1.165) is 24.3 Å². The number of rotatable bonds is 13. The lowest BCUT2D eigenvalue weighted by Gasteiger charge is -2.40. The first-order valence-corrected chi connectivity index (χ1v) is 20.0. The lowest BCUT2D eigenvalue weighted by atomic mass is 9.76. The van der Waals surface area contributed by atoms with Crippen LogP contribution in [0.5, 0.6) is 11.5 Å². The maximum absolute atomic E-state index is 18.3. The number of alkyl halides is 6. The minimum atomic E-state index is -6.41. The molecule has 316 valence electrons. The van der Waals surface area contributed by atoms with Crippen LogP contribution in [0.25, 0.3) is 0 Å². The van der Waals surface area contributed by atoms with Gasteiger partial charge in [-0.1, -0.05) is 194 Å². The molecular weight excluding hydrogens is 811 g/mol. The Bertz CT molecular complexity index is 2400. The van der Waals surface area contributed by atoms with Crippen LogP contribution in [0, 0.1) is 0 Å². The molecule has 0 aliphatic carbocycles. The second kappa shape index (κ2) is 16.8. The first-order valence-electron chi connectivity index (χ1n) is 20.0. The predicted octanol–water partition coefficient (Wildman–Crippen LogP) is 13.3. The molecule has 0 aliphatic heterocycles. The fourth-order valence-corrected chi connectivity index (χ4v) is 8.39. The summed E-state index contributed by atoms with van der Waals surface area (Å²) >= 11 is 0. The zero-order valence-corrected chi connectivity index (χ0v) is 33.4. The van der Waals surface area contributed by atoms with E-state index in [2.05, 4.69) is 10.6 Å². The Morgan fingerprint density at radius 1 is 0.302 bits per heavy atom. The zero-order chi connectivity index (χ0) is 44.3. The normalized spacial score (nSPS) is 12.4. The highest BCUT2D eigenvalue weighted by atomic mass is 19.4. The molecule has 8 aromatic rings. The van der Waals surface area contributed by atoms with E-state index in [1.54, 1.807) is 182 Å². The third-order valence-corrected chi connectivity index (χ3v) is 11.5. The third-order valence-electron chi connectivity index (χ3n) is 11.5. The van der Waals surface area contributed by atoms with E-state index in [4.69, 9.17) is 0 Å². The number of anilines is 2. The van der Waals surface area contributed by atoms with Crippen molar-refractivity contribution in [1.82, 2.24) is 0 Å². The van der Waals surface area contributed by atoms with E-state index >= 15 is 13.2 Å². The highest BCUT2D eigenvalue weighted by Gasteiger charge is 2.73. The summed E-state index contributed by atoms with van der Waals surface area (Å²) in [5.74, 6) is -7.15. The van der Waals surface area contributed by atoms with Crippen LogP contribution in [-0.2, 0) is 16.7 Å². The third kappa shape index (κ3) is 7.41. The van der Waals surface area contributed by atoms with Crippen molar-refractivity contribution in [3.63, 3.8) is 0 Å². The molecule has 63 heavy (non-hydrogen) atoms. The van der Waals surface area contributed by atoms with Crippen LogP contribution in [0.4, 0.5) is 37.7 Å². The second-order valence-electron chi connectivity index (χ2n) is 15.1. The van der Waals surface area contributed by atoms with Crippen molar-refractivity contribution in [1.29, 1.82) is 0 Å². The van der Waals surface area contributed by atoms with Crippen molar-refractivity contribution in [2.24, 2.45) is 0 Å². The Balaban J connectivity index is 1.34. The topological polar surface area (TPSA) is 64.5 Å². The first-order chi connectivity index (χ1) is 30.3. The fourth-order valence-electron chi connectivity index (χ4n) is 8.39. The van der Waals surface area contributed by atoms with Crippen molar-refractivity contribution in [3.05, 3.63) is 263 Å². The average molecular weight is 851 g/mol. The monoisotopic (exact) mass is 850 g/mol. The van der Waals surface area contributed by atoms with E-state index in [1.807, 2.05) is 0 Å². The molecule has 0 atom stereocenters. The highest BCUT2D eigenvalue weighted by molar-refractivity contribution is 5.69. The standard InChI is InChI=1S/C53H40F6N2O2/c54-51(52(55,56)53(57,58)59,43-31-33-47(62)45(35-43)60-49(37-19-7-1-8-20-37,38-21-9-2-10-22-38)39-23-11-3-12-24-39)44-32-34-48(63)46(36-44)61-50(40-25-13-4-14-26-40,41-27-15-5-16-28-41)42-29-17-6-18-30-42/h1-36,60-63H. The average Bonchev–Trinajstić information content (AvgIpc) is 3.32. The smallest absolute Gasteiger partial charge is 0.457 e. The maximum Gasteiger partial charge on any atom is 0.457 e. The summed E-state index contributed by atoms with van der Waals surface area (Å²) in [6.45, 7) is 0. The Morgan fingerprint density at radius 3 is 0.762 bits per heavy atom. The van der Waals surface area contributed by atoms with Gasteiger partial charge in [-0.2, -0.15) is 22.0 Å². The van der Waals surface area contributed by atoms with E-state index in [0.29, 0.717) is 45.5 Å². The molecule has 4 nitrogen and oxygen atoms in total. The molecule has 8 rings (SSSR count). The van der Waals surface area contributed by atoms with Gasteiger partial charge in [-0.3, -0.25) is 0 Å². The quantitative estimate of drug-likeness (QED) is 0.0530. The lowest BCUT2D eigenvalue weighted by molar-refractivity contribution is -0.323. The van der Waals surface area contributed by atoms with Crippen LogP contribution in [0.3, 0.4) is 0 Å². The van der Waals surface area contributed by atoms with Gasteiger partial charge in [0.05, 0.1) is 11.4 Å². The second-order valence-corrected chi connectivity index (χ2v) is 15.1. The Labute approximate surface area is 360 Å². The Hall–Kier alpha value is -7.46. The lowest BCUT2D eigenvalue weighted by Crippen LogP contribution is -2.53. The van der Waals surface area contributed by atoms with Gasteiger partial charge in [-0.05, 0) is 57.6 Å². The molecule has 0 aliphatic rings. The molecule has 0 heterocycles. The van der Waals surface area contributed by atoms with Crippen LogP contribution in [0.1, 0.15) is 44.5 Å². The van der Waals surface area contributed by atoms with Crippen molar-refractivity contribution in [2.75, 3.05) is 10.6 Å². The van der Waals surface area contributed by atoms with Crippen molar-refractivity contribution >= 4 is 11.4 Å². The minimum Gasteiger partial charge on any atom is -0.506 e. The Kier molecular flexibility index (Phi) is 11.2. The first kappa shape index (κ1) is 42.2. The van der Waals surface area contributed by atoms with Crippen molar-refractivity contribution in [3.8, 4) is 11.5 Å². The van der Waals surface area contributed by atoms with Gasteiger partial charge in [0.25, 0.3) is 0 Å². The van der Waals surface area contributed by atoms with Gasteiger partial charge in [0.15, 0.2) is 0 Å². The predicted molar refractivity (Wildman–Crippen MR) is 235 cm³/mol. The molecule has 0 saturated carbocycles. The van der Waals surface area contributed by atoms with Gasteiger partial charge in [0.2, 0.25) is 5.67 Å². The number of hydrogen-bond acceptors (Lipinski definition) is 4. The molecule has 0 aromatic heterocycles. The maximum atomic E-state index is 18.3. The van der Waals surface area contributed by atoms with Gasteiger partial charge in [-0.25, -0.2) is 4.39 Å². The highest BCUT2D eigenvalue weighted by Crippen LogP contribution is 2.56. The van der Waals surface area contributed by atoms with E-state index in [9.17, 15) is 23.4 Å². The number of nitrogens with one attached hydrogen (secondary N) is 2. The van der Waals surface area contributed by atoms with Crippen LogP contribution in [0.2, 0.25) is 0 Å². The Morgan fingerprint density at radius 2 is 0.540 bits per heavy atom. The molecule has 10 heteroatoms. The molecule has 0 unspecified atom stereocenters. The van der Waals surface area contributed by atoms with Gasteiger partial charge in [-0.15, -0.1) is 0 Å². The van der Waals surface area contributed by atoms with Crippen molar-refractivity contribution < 1.29 is 36.6 Å². The molecule has 0 saturated heterocycles. The zero-order valence-electron chi connectivity index (χ0n) is 33.4. The van der Waals surface area contributed by atoms with E-state index in [1.165, 1.54) is 0 Å². The van der Waals surface area contributed by atoms with Crippen LogP contribution < -0.4 is 10.6 Å². The van der Waals surface area contributed by atoms with Crippen LogP contribution >= 0.6 is 0 Å². The van der Waals surface area contributed by atoms with Gasteiger partial charge in [0.1, 0.15) is 22.6 Å². The number of phenolic OH excluding ortho intramolecular Hbond substituents is 2. The number of hydrogen-bond donors (Lipinski definition) is 4. The number of halogens is 6. The fraction of sp³-hybridized carbons (Fsp3) is 0.0943.